The summed E-state index contributed by atoms with van der Waals surface area (Å²) in [6.07, 6.45) is -1.18. The van der Waals surface area contributed by atoms with Crippen LogP contribution in [0.4, 0.5) is 14.9 Å². The minimum Gasteiger partial charge on any atom is -0.442 e. The Morgan fingerprint density at radius 2 is 1.64 bits per heavy atom. The summed E-state index contributed by atoms with van der Waals surface area (Å²) in [6, 6.07) is 17.3. The molecule has 0 aromatic heterocycles. The number of carbonyl (C=O) groups excluding carboxylic acids is 4. The third-order valence-electron chi connectivity index (χ3n) is 6.94. The van der Waals surface area contributed by atoms with E-state index in [0.717, 1.165) is 4.90 Å². The first-order valence-corrected chi connectivity index (χ1v) is 14.7. The molecule has 1 atom stereocenters. The quantitative estimate of drug-likeness (QED) is 0.344. The number of halogens is 1. The summed E-state index contributed by atoms with van der Waals surface area (Å²) in [5.74, 6) is -2.30. The average molecular weight is 595 g/mol. The van der Waals surface area contributed by atoms with Crippen LogP contribution in [-0.2, 0) is 26.1 Å². The van der Waals surface area contributed by atoms with Crippen molar-refractivity contribution in [3.8, 4) is 11.1 Å². The predicted molar refractivity (Wildman–Crippen MR) is 151 cm³/mol. The highest BCUT2D eigenvalue weighted by Crippen LogP contribution is 2.29. The standard InChI is InChI=1S/C29H27FN4O7S/c1-18(35)31-16-22-17-34(29(38)41-22)21-10-11-23(26(30)14-21)20-8-6-19(7-9-20)15-32-42(39,40)13-12-33-27(36)24-4-2-3-5-25(24)28(33)37/h2-11,14,22,32H,12-13,15-17H2,1H3,(H,31,35). The fraction of sp³-hybridized carbons (Fsp3) is 0.241. The van der Waals surface area contributed by atoms with Crippen molar-refractivity contribution in [3.05, 3.63) is 89.2 Å². The number of sulfonamides is 1. The van der Waals surface area contributed by atoms with E-state index in [4.69, 9.17) is 4.74 Å². The summed E-state index contributed by atoms with van der Waals surface area (Å²) >= 11 is 0. The van der Waals surface area contributed by atoms with Crippen molar-refractivity contribution in [2.45, 2.75) is 19.6 Å². The maximum absolute atomic E-state index is 15.0. The number of hydrogen-bond acceptors (Lipinski definition) is 7. The Kier molecular flexibility index (Phi) is 8.05. The summed E-state index contributed by atoms with van der Waals surface area (Å²) in [5.41, 5.74) is 2.27. The highest BCUT2D eigenvalue weighted by atomic mass is 32.2. The molecule has 0 bridgehead atoms. The molecule has 0 aliphatic carbocycles. The van der Waals surface area contributed by atoms with E-state index in [9.17, 15) is 27.6 Å². The highest BCUT2D eigenvalue weighted by Gasteiger charge is 2.36. The van der Waals surface area contributed by atoms with Crippen molar-refractivity contribution in [1.29, 1.82) is 0 Å². The molecule has 5 rings (SSSR count). The first-order valence-electron chi connectivity index (χ1n) is 13.1. The first kappa shape index (κ1) is 28.9. The molecule has 2 N–H and O–H groups in total. The number of ether oxygens (including phenoxy) is 1. The number of amides is 4. The number of benzene rings is 3. The molecular formula is C29H27FN4O7S. The molecule has 0 saturated carbocycles. The van der Waals surface area contributed by atoms with Crippen LogP contribution in [0.25, 0.3) is 11.1 Å². The topological polar surface area (TPSA) is 142 Å². The number of rotatable bonds is 10. The SMILES string of the molecule is CC(=O)NCC1CN(c2ccc(-c3ccc(CNS(=O)(=O)CCN4C(=O)c5ccccc5C4=O)cc3)c(F)c2)C(=O)O1. The van der Waals surface area contributed by atoms with Crippen LogP contribution in [0, 0.1) is 5.82 Å². The van der Waals surface area contributed by atoms with Crippen LogP contribution in [0.5, 0.6) is 0 Å². The molecule has 1 unspecified atom stereocenters. The first-order chi connectivity index (χ1) is 20.0. The fourth-order valence-corrected chi connectivity index (χ4v) is 5.68. The minimum absolute atomic E-state index is 0.0388. The molecule has 0 radical (unpaired) electrons. The van der Waals surface area contributed by atoms with Crippen LogP contribution < -0.4 is 14.9 Å². The van der Waals surface area contributed by atoms with Crippen LogP contribution in [0.1, 0.15) is 33.2 Å². The average Bonchev–Trinajstić information content (AvgIpc) is 3.46. The molecule has 2 aliphatic rings. The van der Waals surface area contributed by atoms with Crippen LogP contribution in [0.2, 0.25) is 0 Å². The van der Waals surface area contributed by atoms with Crippen molar-refractivity contribution >= 4 is 39.5 Å². The second-order valence-corrected chi connectivity index (χ2v) is 11.8. The minimum atomic E-state index is -3.82. The number of fused-ring (bicyclic) bond motifs is 1. The Morgan fingerprint density at radius 1 is 0.976 bits per heavy atom. The van der Waals surface area contributed by atoms with Crippen molar-refractivity contribution in [1.82, 2.24) is 14.9 Å². The molecule has 11 nitrogen and oxygen atoms in total. The van der Waals surface area contributed by atoms with Crippen LogP contribution in [-0.4, -0.2) is 68.6 Å². The Morgan fingerprint density at radius 3 is 2.26 bits per heavy atom. The summed E-state index contributed by atoms with van der Waals surface area (Å²) < 4.78 is 47.9. The second kappa shape index (κ2) is 11.7. The molecule has 4 amide bonds. The lowest BCUT2D eigenvalue weighted by molar-refractivity contribution is -0.119. The lowest BCUT2D eigenvalue weighted by atomic mass is 10.0. The van der Waals surface area contributed by atoms with Gasteiger partial charge in [-0.05, 0) is 41.5 Å². The van der Waals surface area contributed by atoms with Crippen LogP contribution in [0.3, 0.4) is 0 Å². The van der Waals surface area contributed by atoms with Gasteiger partial charge in [0.2, 0.25) is 15.9 Å². The van der Waals surface area contributed by atoms with Gasteiger partial charge in [-0.2, -0.15) is 0 Å². The van der Waals surface area contributed by atoms with E-state index in [1.165, 1.54) is 36.1 Å². The highest BCUT2D eigenvalue weighted by molar-refractivity contribution is 7.89. The van der Waals surface area contributed by atoms with Crippen molar-refractivity contribution in [2.24, 2.45) is 0 Å². The van der Waals surface area contributed by atoms with Gasteiger partial charge < -0.3 is 10.1 Å². The van der Waals surface area contributed by atoms with E-state index in [1.54, 1.807) is 42.5 Å². The van der Waals surface area contributed by atoms with Gasteiger partial charge in [-0.3, -0.25) is 24.2 Å². The van der Waals surface area contributed by atoms with Gasteiger partial charge in [0.25, 0.3) is 11.8 Å². The van der Waals surface area contributed by atoms with Crippen LogP contribution >= 0.6 is 0 Å². The number of nitrogens with zero attached hydrogens (tertiary/aromatic N) is 2. The van der Waals surface area contributed by atoms with Crippen LogP contribution in [0.15, 0.2) is 66.7 Å². The summed E-state index contributed by atoms with van der Waals surface area (Å²) in [4.78, 5) is 50.5. The van der Waals surface area contributed by atoms with Gasteiger partial charge in [0.05, 0.1) is 35.7 Å². The number of cyclic esters (lactones) is 1. The molecule has 1 saturated heterocycles. The number of nitrogens with one attached hydrogen (secondary N) is 2. The van der Waals surface area contributed by atoms with E-state index in [2.05, 4.69) is 10.0 Å². The van der Waals surface area contributed by atoms with Gasteiger partial charge in [-0.25, -0.2) is 22.3 Å². The Bertz CT molecular complexity index is 1640. The van der Waals surface area contributed by atoms with Crippen molar-refractivity contribution in [3.63, 3.8) is 0 Å². The van der Waals surface area contributed by atoms with E-state index in [1.807, 2.05) is 0 Å². The maximum Gasteiger partial charge on any atom is 0.414 e. The van der Waals surface area contributed by atoms with Gasteiger partial charge in [0.1, 0.15) is 11.9 Å². The summed E-state index contributed by atoms with van der Waals surface area (Å²) in [5, 5.41) is 2.59. The third-order valence-corrected chi connectivity index (χ3v) is 8.24. The Hall–Kier alpha value is -4.62. The molecule has 3 aromatic rings. The molecule has 1 fully saturated rings. The largest absolute Gasteiger partial charge is 0.442 e. The van der Waals surface area contributed by atoms with E-state index >= 15 is 4.39 Å². The monoisotopic (exact) mass is 594 g/mol. The van der Waals surface area contributed by atoms with Crippen molar-refractivity contribution in [2.75, 3.05) is 30.3 Å². The fourth-order valence-electron chi connectivity index (χ4n) is 4.72. The molecule has 13 heteroatoms. The molecule has 218 valence electrons. The molecule has 42 heavy (non-hydrogen) atoms. The van der Waals surface area contributed by atoms with Gasteiger partial charge in [-0.1, -0.05) is 36.4 Å². The predicted octanol–water partition coefficient (Wildman–Crippen LogP) is 2.67. The van der Waals surface area contributed by atoms with Gasteiger partial charge in [0, 0.05) is 25.6 Å². The Balaban J connectivity index is 1.16. The van der Waals surface area contributed by atoms with Gasteiger partial charge in [-0.15, -0.1) is 0 Å². The molecule has 2 heterocycles. The molecule has 0 spiro atoms. The third kappa shape index (κ3) is 6.16. The molecule has 3 aromatic carbocycles. The smallest absolute Gasteiger partial charge is 0.414 e. The summed E-state index contributed by atoms with van der Waals surface area (Å²) in [7, 11) is -3.82. The maximum atomic E-state index is 15.0. The zero-order valence-electron chi connectivity index (χ0n) is 22.5. The van der Waals surface area contributed by atoms with Gasteiger partial charge >= 0.3 is 6.09 Å². The zero-order chi connectivity index (χ0) is 30.0. The zero-order valence-corrected chi connectivity index (χ0v) is 23.3. The lowest BCUT2D eigenvalue weighted by Gasteiger charge is -2.15. The number of anilines is 1. The van der Waals surface area contributed by atoms with Gasteiger partial charge in [0.15, 0.2) is 0 Å². The molecule has 2 aliphatic heterocycles. The van der Waals surface area contributed by atoms with E-state index < -0.39 is 45.6 Å². The summed E-state index contributed by atoms with van der Waals surface area (Å²) in [6.45, 7) is 1.37. The number of carbonyl (C=O) groups is 4. The molecular weight excluding hydrogens is 567 g/mol. The second-order valence-electron chi connectivity index (χ2n) is 9.86. The number of imide groups is 1. The lowest BCUT2D eigenvalue weighted by Crippen LogP contribution is -2.37. The van der Waals surface area contributed by atoms with E-state index in [0.29, 0.717) is 16.8 Å². The Labute approximate surface area is 241 Å². The number of hydrogen-bond donors (Lipinski definition) is 2. The normalized spacial score (nSPS) is 16.5. The van der Waals surface area contributed by atoms with Crippen molar-refractivity contribution < 1.29 is 36.7 Å². The van der Waals surface area contributed by atoms with E-state index in [-0.39, 0.29) is 48.8 Å².